The SMILES string of the molecule is CCCCC(CC)CC(=O)C1C(C)(C)C1(C)C. The molecule has 0 N–H and O–H groups in total. The van der Waals surface area contributed by atoms with E-state index in [2.05, 4.69) is 41.5 Å². The first-order chi connectivity index (χ1) is 7.79. The lowest BCUT2D eigenvalue weighted by atomic mass is 9.91. The summed E-state index contributed by atoms with van der Waals surface area (Å²) in [6.45, 7) is 13.4. The van der Waals surface area contributed by atoms with Crippen molar-refractivity contribution in [3.63, 3.8) is 0 Å². The van der Waals surface area contributed by atoms with E-state index in [1.54, 1.807) is 0 Å². The van der Waals surface area contributed by atoms with E-state index in [1.807, 2.05) is 0 Å². The molecule has 100 valence electrons. The molecule has 1 heteroatoms. The molecule has 1 fully saturated rings. The Kier molecular flexibility index (Phi) is 4.43. The highest BCUT2D eigenvalue weighted by Crippen LogP contribution is 2.69. The maximum Gasteiger partial charge on any atom is 0.137 e. The molecule has 0 spiro atoms. The molecule has 0 aromatic heterocycles. The van der Waals surface area contributed by atoms with Crippen LogP contribution in [0.25, 0.3) is 0 Å². The number of carbonyl (C=O) groups is 1. The Morgan fingerprint density at radius 2 is 1.65 bits per heavy atom. The number of hydrogen-bond donors (Lipinski definition) is 0. The molecule has 1 aliphatic carbocycles. The first kappa shape index (κ1) is 14.7. The van der Waals surface area contributed by atoms with Gasteiger partial charge in [-0.05, 0) is 16.7 Å². The summed E-state index contributed by atoms with van der Waals surface area (Å²) in [6.07, 6.45) is 5.70. The van der Waals surface area contributed by atoms with Crippen molar-refractivity contribution in [2.45, 2.75) is 73.6 Å². The van der Waals surface area contributed by atoms with Gasteiger partial charge >= 0.3 is 0 Å². The molecule has 0 heterocycles. The molecular weight excluding hydrogens is 208 g/mol. The van der Waals surface area contributed by atoms with Crippen LogP contribution in [-0.2, 0) is 4.79 Å². The number of Topliss-reactive ketones (excluding diaryl/α,β-unsaturated/α-hetero) is 1. The average Bonchev–Trinajstić information content (AvgIpc) is 2.64. The van der Waals surface area contributed by atoms with E-state index in [1.165, 1.54) is 19.3 Å². The Bertz CT molecular complexity index is 261. The number of carbonyl (C=O) groups excluding carboxylic acids is 1. The lowest BCUT2D eigenvalue weighted by Crippen LogP contribution is -2.13. The van der Waals surface area contributed by atoms with Crippen molar-refractivity contribution in [1.82, 2.24) is 0 Å². The minimum Gasteiger partial charge on any atom is -0.299 e. The second kappa shape index (κ2) is 5.12. The van der Waals surface area contributed by atoms with E-state index < -0.39 is 0 Å². The Morgan fingerprint density at radius 1 is 1.12 bits per heavy atom. The highest BCUT2D eigenvalue weighted by Gasteiger charge is 2.67. The molecule has 1 rings (SSSR count). The molecule has 0 bridgehead atoms. The Labute approximate surface area is 107 Å². The number of hydrogen-bond acceptors (Lipinski definition) is 1. The summed E-state index contributed by atoms with van der Waals surface area (Å²) in [7, 11) is 0. The third kappa shape index (κ3) is 2.74. The topological polar surface area (TPSA) is 17.1 Å². The smallest absolute Gasteiger partial charge is 0.137 e. The Balaban J connectivity index is 2.50. The van der Waals surface area contributed by atoms with E-state index in [9.17, 15) is 4.79 Å². The normalized spacial score (nSPS) is 23.4. The van der Waals surface area contributed by atoms with Gasteiger partial charge in [0.1, 0.15) is 5.78 Å². The highest BCUT2D eigenvalue weighted by molar-refractivity contribution is 5.86. The third-order valence-corrected chi connectivity index (χ3v) is 5.38. The molecule has 0 aromatic carbocycles. The summed E-state index contributed by atoms with van der Waals surface area (Å²) in [4.78, 5) is 12.4. The van der Waals surface area contributed by atoms with Gasteiger partial charge in [-0.25, -0.2) is 0 Å². The van der Waals surface area contributed by atoms with Gasteiger partial charge in [-0.3, -0.25) is 4.79 Å². The lowest BCUT2D eigenvalue weighted by Gasteiger charge is -2.14. The van der Waals surface area contributed by atoms with Crippen molar-refractivity contribution in [3.8, 4) is 0 Å². The molecule has 17 heavy (non-hydrogen) atoms. The summed E-state index contributed by atoms with van der Waals surface area (Å²) in [6, 6.07) is 0. The van der Waals surface area contributed by atoms with Crippen LogP contribution in [0.5, 0.6) is 0 Å². The standard InChI is InChI=1S/C16H30O/c1-7-9-10-12(8-2)11-13(17)14-15(3,4)16(14,5)6/h12,14H,7-11H2,1-6H3. The number of ketones is 1. The Hall–Kier alpha value is -0.330. The molecule has 1 atom stereocenters. The number of rotatable bonds is 7. The molecule has 0 saturated heterocycles. The predicted molar refractivity (Wildman–Crippen MR) is 74.0 cm³/mol. The van der Waals surface area contributed by atoms with Crippen LogP contribution in [-0.4, -0.2) is 5.78 Å². The Morgan fingerprint density at radius 3 is 2.00 bits per heavy atom. The zero-order valence-corrected chi connectivity index (χ0v) is 12.6. The van der Waals surface area contributed by atoms with Crippen LogP contribution >= 0.6 is 0 Å². The summed E-state index contributed by atoms with van der Waals surface area (Å²) in [5.74, 6) is 1.43. The molecule has 0 amide bonds. The van der Waals surface area contributed by atoms with Gasteiger partial charge in [-0.2, -0.15) is 0 Å². The van der Waals surface area contributed by atoms with Crippen molar-refractivity contribution >= 4 is 5.78 Å². The van der Waals surface area contributed by atoms with Crippen molar-refractivity contribution in [1.29, 1.82) is 0 Å². The minimum absolute atomic E-state index is 0.215. The fourth-order valence-corrected chi connectivity index (χ4v) is 3.35. The van der Waals surface area contributed by atoms with Crippen molar-refractivity contribution in [2.24, 2.45) is 22.7 Å². The molecule has 0 aliphatic heterocycles. The largest absolute Gasteiger partial charge is 0.299 e. The third-order valence-electron chi connectivity index (χ3n) is 5.38. The molecule has 1 saturated carbocycles. The molecule has 0 radical (unpaired) electrons. The van der Waals surface area contributed by atoms with E-state index in [-0.39, 0.29) is 10.8 Å². The van der Waals surface area contributed by atoms with E-state index >= 15 is 0 Å². The van der Waals surface area contributed by atoms with Crippen LogP contribution < -0.4 is 0 Å². The maximum atomic E-state index is 12.4. The average molecular weight is 238 g/mol. The minimum atomic E-state index is 0.215. The van der Waals surface area contributed by atoms with Gasteiger partial charge in [0.25, 0.3) is 0 Å². The first-order valence-electron chi connectivity index (χ1n) is 7.31. The zero-order chi connectivity index (χ0) is 13.3. The summed E-state index contributed by atoms with van der Waals surface area (Å²) >= 11 is 0. The van der Waals surface area contributed by atoms with E-state index in [4.69, 9.17) is 0 Å². The first-order valence-corrected chi connectivity index (χ1v) is 7.31. The van der Waals surface area contributed by atoms with Gasteiger partial charge in [0.05, 0.1) is 0 Å². The van der Waals surface area contributed by atoms with Crippen LogP contribution in [0.15, 0.2) is 0 Å². The van der Waals surface area contributed by atoms with Crippen LogP contribution in [0.1, 0.15) is 73.6 Å². The van der Waals surface area contributed by atoms with Gasteiger partial charge in [0, 0.05) is 12.3 Å². The van der Waals surface area contributed by atoms with Crippen LogP contribution in [0.4, 0.5) is 0 Å². The summed E-state index contributed by atoms with van der Waals surface area (Å²) in [5.41, 5.74) is 0.431. The van der Waals surface area contributed by atoms with Crippen LogP contribution in [0, 0.1) is 22.7 Å². The van der Waals surface area contributed by atoms with Crippen LogP contribution in [0.3, 0.4) is 0 Å². The maximum absolute atomic E-state index is 12.4. The molecular formula is C16H30O. The predicted octanol–water partition coefficient (Wildman–Crippen LogP) is 4.84. The quantitative estimate of drug-likeness (QED) is 0.620. The second-order valence-corrected chi connectivity index (χ2v) is 6.96. The zero-order valence-electron chi connectivity index (χ0n) is 12.6. The fraction of sp³-hybridized carbons (Fsp3) is 0.938. The van der Waals surface area contributed by atoms with Gasteiger partial charge in [-0.15, -0.1) is 0 Å². The van der Waals surface area contributed by atoms with Crippen LogP contribution in [0.2, 0.25) is 0 Å². The second-order valence-electron chi connectivity index (χ2n) is 6.96. The fourth-order valence-electron chi connectivity index (χ4n) is 3.35. The number of unbranched alkanes of at least 4 members (excludes halogenated alkanes) is 1. The summed E-state index contributed by atoms with van der Waals surface area (Å²) in [5, 5.41) is 0. The molecule has 1 aliphatic rings. The molecule has 1 unspecified atom stereocenters. The van der Waals surface area contributed by atoms with Gasteiger partial charge in [0.2, 0.25) is 0 Å². The van der Waals surface area contributed by atoms with E-state index in [0.29, 0.717) is 17.6 Å². The molecule has 1 nitrogen and oxygen atoms in total. The highest BCUT2D eigenvalue weighted by atomic mass is 16.1. The van der Waals surface area contributed by atoms with Crippen molar-refractivity contribution in [2.75, 3.05) is 0 Å². The van der Waals surface area contributed by atoms with Gasteiger partial charge in [0.15, 0.2) is 0 Å². The van der Waals surface area contributed by atoms with Gasteiger partial charge < -0.3 is 0 Å². The molecule has 0 aromatic rings. The van der Waals surface area contributed by atoms with Gasteiger partial charge in [-0.1, -0.05) is 67.2 Å². The van der Waals surface area contributed by atoms with Crippen molar-refractivity contribution in [3.05, 3.63) is 0 Å². The van der Waals surface area contributed by atoms with Crippen molar-refractivity contribution < 1.29 is 4.79 Å². The lowest BCUT2D eigenvalue weighted by molar-refractivity contribution is -0.122. The summed E-state index contributed by atoms with van der Waals surface area (Å²) < 4.78 is 0. The monoisotopic (exact) mass is 238 g/mol. The van der Waals surface area contributed by atoms with E-state index in [0.717, 1.165) is 12.8 Å².